The fourth-order valence-electron chi connectivity index (χ4n) is 4.47. The Morgan fingerprint density at radius 3 is 2.66 bits per heavy atom. The van der Waals surface area contributed by atoms with Gasteiger partial charge in [-0.15, -0.1) is 0 Å². The van der Waals surface area contributed by atoms with Crippen molar-refractivity contribution in [1.82, 2.24) is 9.88 Å². The van der Waals surface area contributed by atoms with Crippen LogP contribution in [0.15, 0.2) is 24.3 Å². The minimum atomic E-state index is -0.263. The first-order valence-corrected chi connectivity index (χ1v) is 10.4. The topological polar surface area (TPSA) is 60.3 Å². The molecular weight excluding hydrogens is 371 g/mol. The number of rotatable bonds is 5. The van der Waals surface area contributed by atoms with Crippen molar-refractivity contribution in [3.8, 4) is 0 Å². The van der Waals surface area contributed by atoms with Crippen molar-refractivity contribution in [3.05, 3.63) is 58.2 Å². The van der Waals surface area contributed by atoms with Crippen LogP contribution in [0.1, 0.15) is 58.6 Å². The van der Waals surface area contributed by atoms with Crippen molar-refractivity contribution in [2.75, 3.05) is 13.2 Å². The lowest BCUT2D eigenvalue weighted by atomic mass is 9.92. The Morgan fingerprint density at radius 1 is 1.21 bits per heavy atom. The van der Waals surface area contributed by atoms with E-state index in [1.807, 2.05) is 6.92 Å². The predicted molar refractivity (Wildman–Crippen MR) is 108 cm³/mol. The van der Waals surface area contributed by atoms with Crippen molar-refractivity contribution in [2.24, 2.45) is 0 Å². The molecule has 6 heteroatoms. The molecule has 4 rings (SSSR count). The van der Waals surface area contributed by atoms with Gasteiger partial charge in [0.2, 0.25) is 5.91 Å². The highest BCUT2D eigenvalue weighted by molar-refractivity contribution is 6.01. The van der Waals surface area contributed by atoms with Crippen LogP contribution >= 0.6 is 0 Å². The van der Waals surface area contributed by atoms with Gasteiger partial charge in [-0.1, -0.05) is 12.1 Å². The number of fused-ring (bicyclic) bond motifs is 1. The van der Waals surface area contributed by atoms with E-state index in [4.69, 9.17) is 4.74 Å². The summed E-state index contributed by atoms with van der Waals surface area (Å²) in [5, 5.41) is 3.10. The highest BCUT2D eigenvalue weighted by Gasteiger charge is 2.29. The Balaban J connectivity index is 1.61. The molecule has 0 bridgehead atoms. The second-order valence-electron chi connectivity index (χ2n) is 8.01. The van der Waals surface area contributed by atoms with Crippen molar-refractivity contribution in [1.29, 1.82) is 0 Å². The molecule has 0 unspecified atom stereocenters. The van der Waals surface area contributed by atoms with Crippen molar-refractivity contribution >= 4 is 11.7 Å². The molecule has 1 aliphatic carbocycles. The molecule has 0 spiro atoms. The minimum absolute atomic E-state index is 0.0416. The molecule has 1 N–H and O–H groups in total. The molecule has 0 saturated carbocycles. The summed E-state index contributed by atoms with van der Waals surface area (Å²) in [6, 6.07) is 6.58. The van der Waals surface area contributed by atoms with E-state index >= 15 is 0 Å². The molecule has 0 atom stereocenters. The molecule has 1 aromatic heterocycles. The van der Waals surface area contributed by atoms with Gasteiger partial charge in [-0.05, 0) is 55.9 Å². The zero-order chi connectivity index (χ0) is 20.4. The molecule has 154 valence electrons. The van der Waals surface area contributed by atoms with E-state index in [-0.39, 0.29) is 30.0 Å². The molecule has 2 aliphatic rings. The van der Waals surface area contributed by atoms with Crippen LogP contribution in [-0.4, -0.2) is 35.5 Å². The Labute approximate surface area is 170 Å². The Kier molecular flexibility index (Phi) is 5.81. The van der Waals surface area contributed by atoms with Gasteiger partial charge in [-0.3, -0.25) is 9.59 Å². The number of aromatic nitrogens is 1. The minimum Gasteiger partial charge on any atom is -0.381 e. The summed E-state index contributed by atoms with van der Waals surface area (Å²) in [6.07, 6.45) is 4.05. The molecule has 2 heterocycles. The third-order valence-electron chi connectivity index (χ3n) is 6.03. The number of ketones is 1. The summed E-state index contributed by atoms with van der Waals surface area (Å²) in [6.45, 7) is 3.90. The van der Waals surface area contributed by atoms with E-state index < -0.39 is 0 Å². The second-order valence-corrected chi connectivity index (χ2v) is 8.01. The highest BCUT2D eigenvalue weighted by Crippen LogP contribution is 2.31. The Bertz CT molecular complexity index is 911. The average molecular weight is 398 g/mol. The average Bonchev–Trinajstić information content (AvgIpc) is 2.97. The van der Waals surface area contributed by atoms with Gasteiger partial charge in [0.1, 0.15) is 5.82 Å². The molecule has 0 radical (unpaired) electrons. The normalized spacial score (nSPS) is 17.2. The summed E-state index contributed by atoms with van der Waals surface area (Å²) >= 11 is 0. The maximum atomic E-state index is 13.3. The van der Waals surface area contributed by atoms with Gasteiger partial charge in [-0.2, -0.15) is 0 Å². The largest absolute Gasteiger partial charge is 0.381 e. The maximum absolute atomic E-state index is 13.3. The molecule has 2 aromatic rings. The monoisotopic (exact) mass is 398 g/mol. The molecule has 29 heavy (non-hydrogen) atoms. The maximum Gasteiger partial charge on any atom is 0.224 e. The van der Waals surface area contributed by atoms with Crippen LogP contribution < -0.4 is 5.32 Å². The zero-order valence-electron chi connectivity index (χ0n) is 16.8. The van der Waals surface area contributed by atoms with Crippen LogP contribution in [0.4, 0.5) is 4.39 Å². The first kappa shape index (κ1) is 19.8. The van der Waals surface area contributed by atoms with Gasteiger partial charge in [-0.25, -0.2) is 4.39 Å². The van der Waals surface area contributed by atoms with E-state index in [0.29, 0.717) is 26.2 Å². The number of benzene rings is 1. The molecule has 1 fully saturated rings. The summed E-state index contributed by atoms with van der Waals surface area (Å²) < 4.78 is 20.8. The van der Waals surface area contributed by atoms with Gasteiger partial charge in [0, 0.05) is 49.2 Å². The zero-order valence-corrected chi connectivity index (χ0v) is 16.8. The summed E-state index contributed by atoms with van der Waals surface area (Å²) in [7, 11) is 0. The number of amides is 1. The summed E-state index contributed by atoms with van der Waals surface area (Å²) in [5.41, 5.74) is 4.52. The molecular formula is C23H27FN2O3. The number of carbonyl (C=O) groups is 2. The van der Waals surface area contributed by atoms with Crippen LogP contribution in [0.5, 0.6) is 0 Å². The summed E-state index contributed by atoms with van der Waals surface area (Å²) in [5.74, 6) is -0.179. The number of hydrogen-bond donors (Lipinski definition) is 1. The van der Waals surface area contributed by atoms with Crippen molar-refractivity contribution in [2.45, 2.75) is 58.0 Å². The SMILES string of the molecule is Cc1c(CC(=O)NC2CCOCC2)c2c(n1Cc1ccc(F)cc1)CCCC2=O. The van der Waals surface area contributed by atoms with E-state index in [0.717, 1.165) is 53.8 Å². The number of ether oxygens (including phenoxy) is 1. The van der Waals surface area contributed by atoms with Crippen LogP contribution in [-0.2, 0) is 28.9 Å². The van der Waals surface area contributed by atoms with Crippen LogP contribution in [0, 0.1) is 12.7 Å². The quantitative estimate of drug-likeness (QED) is 0.840. The van der Waals surface area contributed by atoms with Crippen molar-refractivity contribution in [3.63, 3.8) is 0 Å². The highest BCUT2D eigenvalue weighted by atomic mass is 19.1. The molecule has 1 aliphatic heterocycles. The number of nitrogens with zero attached hydrogens (tertiary/aromatic N) is 1. The first-order chi connectivity index (χ1) is 14.0. The number of halogens is 1. The van der Waals surface area contributed by atoms with Crippen LogP contribution in [0.2, 0.25) is 0 Å². The van der Waals surface area contributed by atoms with E-state index in [2.05, 4.69) is 9.88 Å². The fraction of sp³-hybridized carbons (Fsp3) is 0.478. The standard InChI is InChI=1S/C23H27FN2O3/c1-15-19(13-22(28)25-18-9-11-29-12-10-18)23-20(3-2-4-21(23)27)26(15)14-16-5-7-17(24)8-6-16/h5-8,18H,2-4,9-14H2,1H3,(H,25,28). The molecule has 1 amide bonds. The molecule has 5 nitrogen and oxygen atoms in total. The lowest BCUT2D eigenvalue weighted by Crippen LogP contribution is -2.39. The van der Waals surface area contributed by atoms with E-state index in [1.165, 1.54) is 12.1 Å². The second kappa shape index (κ2) is 8.49. The Hall–Kier alpha value is -2.47. The number of Topliss-reactive ketones (excluding diaryl/α,β-unsaturated/α-hetero) is 1. The molecule has 1 saturated heterocycles. The van der Waals surface area contributed by atoms with Gasteiger partial charge < -0.3 is 14.6 Å². The Morgan fingerprint density at radius 2 is 1.93 bits per heavy atom. The molecule has 1 aromatic carbocycles. The number of nitrogens with one attached hydrogen (secondary N) is 1. The third-order valence-corrected chi connectivity index (χ3v) is 6.03. The predicted octanol–water partition coefficient (Wildman–Crippen LogP) is 3.34. The van der Waals surface area contributed by atoms with E-state index in [1.54, 1.807) is 12.1 Å². The van der Waals surface area contributed by atoms with Crippen LogP contribution in [0.3, 0.4) is 0 Å². The number of hydrogen-bond acceptors (Lipinski definition) is 3. The summed E-state index contributed by atoms with van der Waals surface area (Å²) in [4.78, 5) is 25.4. The van der Waals surface area contributed by atoms with Gasteiger partial charge in [0.25, 0.3) is 0 Å². The fourth-order valence-corrected chi connectivity index (χ4v) is 4.47. The van der Waals surface area contributed by atoms with Crippen molar-refractivity contribution < 1.29 is 18.7 Å². The van der Waals surface area contributed by atoms with Gasteiger partial charge >= 0.3 is 0 Å². The first-order valence-electron chi connectivity index (χ1n) is 10.4. The van der Waals surface area contributed by atoms with E-state index in [9.17, 15) is 14.0 Å². The smallest absolute Gasteiger partial charge is 0.224 e. The van der Waals surface area contributed by atoms with Crippen LogP contribution in [0.25, 0.3) is 0 Å². The number of carbonyl (C=O) groups excluding carboxylic acids is 2. The lowest BCUT2D eigenvalue weighted by molar-refractivity contribution is -0.121. The van der Waals surface area contributed by atoms with Gasteiger partial charge in [0.05, 0.1) is 6.42 Å². The third kappa shape index (κ3) is 4.27. The van der Waals surface area contributed by atoms with Gasteiger partial charge in [0.15, 0.2) is 5.78 Å². The lowest BCUT2D eigenvalue weighted by Gasteiger charge is -2.23.